The predicted molar refractivity (Wildman–Crippen MR) is 79.7 cm³/mol. The average Bonchev–Trinajstić information content (AvgIpc) is 2.38. The summed E-state index contributed by atoms with van der Waals surface area (Å²) in [4.78, 5) is 2.57. The standard InChI is InChI=1S/C15H21BrN2/c16-14-5-2-6-15(13(14)8-17)18-9-11-3-1-4-12(7-11)10-18/h2,5-6,11-12H,1,3-4,7-10,17H2. The molecule has 2 N–H and O–H groups in total. The Morgan fingerprint density at radius 1 is 1.22 bits per heavy atom. The molecule has 2 atom stereocenters. The molecule has 0 aromatic heterocycles. The highest BCUT2D eigenvalue weighted by molar-refractivity contribution is 9.10. The second-order valence-electron chi connectivity index (χ2n) is 5.75. The minimum atomic E-state index is 0.614. The van der Waals surface area contributed by atoms with Crippen LogP contribution in [0.3, 0.4) is 0 Å². The zero-order valence-electron chi connectivity index (χ0n) is 10.7. The number of rotatable bonds is 2. The van der Waals surface area contributed by atoms with Crippen molar-refractivity contribution in [3.63, 3.8) is 0 Å². The van der Waals surface area contributed by atoms with Gasteiger partial charge in [-0.2, -0.15) is 0 Å². The zero-order chi connectivity index (χ0) is 12.5. The van der Waals surface area contributed by atoms with Crippen LogP contribution in [-0.2, 0) is 6.54 Å². The van der Waals surface area contributed by atoms with E-state index in [4.69, 9.17) is 5.73 Å². The Bertz CT molecular complexity index is 421. The number of hydrogen-bond acceptors (Lipinski definition) is 2. The summed E-state index contributed by atoms with van der Waals surface area (Å²) in [5.74, 6) is 1.81. The van der Waals surface area contributed by atoms with Crippen LogP contribution in [0.2, 0.25) is 0 Å². The van der Waals surface area contributed by atoms with Crippen molar-refractivity contribution in [1.29, 1.82) is 0 Å². The normalized spacial score (nSPS) is 27.3. The van der Waals surface area contributed by atoms with Crippen molar-refractivity contribution in [2.45, 2.75) is 32.2 Å². The molecule has 0 amide bonds. The smallest absolute Gasteiger partial charge is 0.0423 e. The fraction of sp³-hybridized carbons (Fsp3) is 0.600. The molecule has 3 rings (SSSR count). The lowest BCUT2D eigenvalue weighted by Gasteiger charge is -2.43. The summed E-state index contributed by atoms with van der Waals surface area (Å²) in [7, 11) is 0. The molecule has 2 aliphatic rings. The molecule has 2 nitrogen and oxygen atoms in total. The summed E-state index contributed by atoms with van der Waals surface area (Å²) in [5.41, 5.74) is 8.53. The summed E-state index contributed by atoms with van der Waals surface area (Å²) in [6.07, 6.45) is 5.71. The van der Waals surface area contributed by atoms with E-state index in [0.717, 1.165) is 16.3 Å². The van der Waals surface area contributed by atoms with Gasteiger partial charge in [-0.15, -0.1) is 0 Å². The largest absolute Gasteiger partial charge is 0.371 e. The highest BCUT2D eigenvalue weighted by atomic mass is 79.9. The van der Waals surface area contributed by atoms with Gasteiger partial charge in [-0.1, -0.05) is 28.4 Å². The van der Waals surface area contributed by atoms with E-state index in [1.807, 2.05) is 0 Å². The van der Waals surface area contributed by atoms with Gasteiger partial charge in [-0.3, -0.25) is 0 Å². The molecule has 2 fully saturated rings. The molecule has 0 radical (unpaired) electrons. The Morgan fingerprint density at radius 2 is 1.94 bits per heavy atom. The Kier molecular flexibility index (Phi) is 3.62. The number of fused-ring (bicyclic) bond motifs is 2. The van der Waals surface area contributed by atoms with Gasteiger partial charge in [0.2, 0.25) is 0 Å². The second-order valence-corrected chi connectivity index (χ2v) is 6.60. The number of benzene rings is 1. The van der Waals surface area contributed by atoms with E-state index < -0.39 is 0 Å². The van der Waals surface area contributed by atoms with Crippen LogP contribution < -0.4 is 10.6 Å². The molecule has 2 unspecified atom stereocenters. The quantitative estimate of drug-likeness (QED) is 0.905. The molecule has 1 aliphatic carbocycles. The molecular formula is C15H21BrN2. The van der Waals surface area contributed by atoms with Crippen molar-refractivity contribution in [2.24, 2.45) is 17.6 Å². The first-order chi connectivity index (χ1) is 8.78. The van der Waals surface area contributed by atoms with Gasteiger partial charge >= 0.3 is 0 Å². The number of piperidine rings is 1. The number of halogens is 1. The Labute approximate surface area is 118 Å². The van der Waals surface area contributed by atoms with Crippen LogP contribution in [0, 0.1) is 11.8 Å². The van der Waals surface area contributed by atoms with Crippen LogP contribution in [0.25, 0.3) is 0 Å². The molecule has 1 heterocycles. The topological polar surface area (TPSA) is 29.3 Å². The minimum absolute atomic E-state index is 0.614. The van der Waals surface area contributed by atoms with E-state index in [0.29, 0.717) is 6.54 Å². The summed E-state index contributed by atoms with van der Waals surface area (Å²) < 4.78 is 1.15. The first-order valence-corrected chi connectivity index (χ1v) is 7.79. The van der Waals surface area contributed by atoms with Gasteiger partial charge in [-0.05, 0) is 43.2 Å². The lowest BCUT2D eigenvalue weighted by molar-refractivity contribution is 0.231. The molecule has 1 aromatic carbocycles. The van der Waals surface area contributed by atoms with Gasteiger partial charge in [0, 0.05) is 35.4 Å². The number of anilines is 1. The fourth-order valence-corrected chi connectivity index (χ4v) is 4.19. The average molecular weight is 309 g/mol. The van der Waals surface area contributed by atoms with E-state index >= 15 is 0 Å². The lowest BCUT2D eigenvalue weighted by atomic mass is 9.77. The van der Waals surface area contributed by atoms with Gasteiger partial charge in [-0.25, -0.2) is 0 Å². The Hall–Kier alpha value is -0.540. The molecule has 1 saturated heterocycles. The molecule has 3 heteroatoms. The van der Waals surface area contributed by atoms with Gasteiger partial charge in [0.15, 0.2) is 0 Å². The fourth-order valence-electron chi connectivity index (χ4n) is 3.67. The van der Waals surface area contributed by atoms with Crippen LogP contribution >= 0.6 is 15.9 Å². The predicted octanol–water partition coefficient (Wildman–Crippen LogP) is 3.53. The maximum absolute atomic E-state index is 5.92. The van der Waals surface area contributed by atoms with Crippen LogP contribution in [-0.4, -0.2) is 13.1 Å². The van der Waals surface area contributed by atoms with Gasteiger partial charge in [0.1, 0.15) is 0 Å². The van der Waals surface area contributed by atoms with E-state index in [1.54, 1.807) is 0 Å². The van der Waals surface area contributed by atoms with Crippen molar-refractivity contribution < 1.29 is 0 Å². The molecule has 1 aliphatic heterocycles. The number of nitrogens with zero attached hydrogens (tertiary/aromatic N) is 1. The minimum Gasteiger partial charge on any atom is -0.371 e. The van der Waals surface area contributed by atoms with E-state index in [2.05, 4.69) is 39.0 Å². The summed E-state index contributed by atoms with van der Waals surface area (Å²) in [6.45, 7) is 3.06. The maximum Gasteiger partial charge on any atom is 0.0423 e. The number of hydrogen-bond donors (Lipinski definition) is 1. The number of nitrogens with two attached hydrogens (primary N) is 1. The summed E-state index contributed by atoms with van der Waals surface area (Å²) in [6, 6.07) is 6.45. The zero-order valence-corrected chi connectivity index (χ0v) is 12.3. The van der Waals surface area contributed by atoms with Gasteiger partial charge in [0.05, 0.1) is 0 Å². The Balaban J connectivity index is 1.88. The molecule has 2 bridgehead atoms. The molecule has 0 spiro atoms. The van der Waals surface area contributed by atoms with Crippen LogP contribution in [0.5, 0.6) is 0 Å². The second kappa shape index (κ2) is 5.22. The van der Waals surface area contributed by atoms with Crippen molar-refractivity contribution in [2.75, 3.05) is 18.0 Å². The third-order valence-corrected chi connectivity index (χ3v) is 5.23. The Morgan fingerprint density at radius 3 is 2.61 bits per heavy atom. The molecular weight excluding hydrogens is 288 g/mol. The van der Waals surface area contributed by atoms with Crippen molar-refractivity contribution >= 4 is 21.6 Å². The molecule has 1 saturated carbocycles. The van der Waals surface area contributed by atoms with Gasteiger partial charge < -0.3 is 10.6 Å². The summed E-state index contributed by atoms with van der Waals surface area (Å²) >= 11 is 3.63. The van der Waals surface area contributed by atoms with Crippen LogP contribution in [0.15, 0.2) is 22.7 Å². The monoisotopic (exact) mass is 308 g/mol. The van der Waals surface area contributed by atoms with Crippen molar-refractivity contribution in [3.8, 4) is 0 Å². The molecule has 18 heavy (non-hydrogen) atoms. The van der Waals surface area contributed by atoms with E-state index in [-0.39, 0.29) is 0 Å². The molecule has 98 valence electrons. The SMILES string of the molecule is NCc1c(Br)cccc1N1CC2CCCC(C2)C1. The third kappa shape index (κ3) is 2.30. The highest BCUT2D eigenvalue weighted by Crippen LogP contribution is 2.38. The van der Waals surface area contributed by atoms with Crippen LogP contribution in [0.4, 0.5) is 5.69 Å². The van der Waals surface area contributed by atoms with E-state index in [9.17, 15) is 0 Å². The highest BCUT2D eigenvalue weighted by Gasteiger charge is 2.31. The first-order valence-electron chi connectivity index (χ1n) is 7.00. The van der Waals surface area contributed by atoms with E-state index in [1.165, 1.54) is 50.0 Å². The van der Waals surface area contributed by atoms with Crippen LogP contribution in [0.1, 0.15) is 31.2 Å². The van der Waals surface area contributed by atoms with Crippen molar-refractivity contribution in [3.05, 3.63) is 28.2 Å². The first kappa shape index (κ1) is 12.5. The lowest BCUT2D eigenvalue weighted by Crippen LogP contribution is -2.43. The van der Waals surface area contributed by atoms with Crippen molar-refractivity contribution in [1.82, 2.24) is 0 Å². The maximum atomic E-state index is 5.92. The third-order valence-electron chi connectivity index (χ3n) is 4.49. The molecule has 1 aromatic rings. The van der Waals surface area contributed by atoms with Gasteiger partial charge in [0.25, 0.3) is 0 Å². The summed E-state index contributed by atoms with van der Waals surface area (Å²) in [5, 5.41) is 0.